The summed E-state index contributed by atoms with van der Waals surface area (Å²) in [6.45, 7) is 2.18. The SMILES string of the molecule is O=C(Nc1cnc2ccc(N3CCC[C@@H]3c3cc(F)ccc3F)nn12)N1CCC1. The van der Waals surface area contributed by atoms with Gasteiger partial charge in [-0.1, -0.05) is 0 Å². The predicted molar refractivity (Wildman–Crippen MR) is 104 cm³/mol. The van der Waals surface area contributed by atoms with Gasteiger partial charge in [0.1, 0.15) is 17.5 Å². The number of urea groups is 1. The number of anilines is 2. The summed E-state index contributed by atoms with van der Waals surface area (Å²) < 4.78 is 29.6. The van der Waals surface area contributed by atoms with Crippen molar-refractivity contribution in [3.05, 3.63) is 53.7 Å². The number of nitrogens with zero attached hydrogens (tertiary/aromatic N) is 5. The second-order valence-electron chi connectivity index (χ2n) is 7.39. The number of imidazole rings is 1. The number of rotatable bonds is 3. The standard InChI is InChI=1S/C20H20F2N6O/c21-13-4-5-15(22)14(11-13)16-3-1-10-27(16)18-7-6-17-23-12-19(28(17)25-18)24-20(29)26-8-2-9-26/h4-7,11-12,16H,1-3,8-10H2,(H,24,29)/t16-/m1/s1. The molecule has 29 heavy (non-hydrogen) atoms. The lowest BCUT2D eigenvalue weighted by Gasteiger charge is -2.30. The van der Waals surface area contributed by atoms with Crippen LogP contribution in [-0.4, -0.2) is 45.2 Å². The molecule has 7 nitrogen and oxygen atoms in total. The van der Waals surface area contributed by atoms with Gasteiger partial charge in [-0.05, 0) is 49.6 Å². The van der Waals surface area contributed by atoms with E-state index in [1.54, 1.807) is 21.7 Å². The molecule has 0 radical (unpaired) electrons. The smallest absolute Gasteiger partial charge is 0.323 e. The predicted octanol–water partition coefficient (Wildman–Crippen LogP) is 3.59. The first-order chi connectivity index (χ1) is 14.1. The van der Waals surface area contributed by atoms with Crippen LogP contribution in [-0.2, 0) is 0 Å². The molecule has 2 fully saturated rings. The lowest BCUT2D eigenvalue weighted by atomic mass is 10.0. The summed E-state index contributed by atoms with van der Waals surface area (Å²) >= 11 is 0. The second-order valence-corrected chi connectivity index (χ2v) is 7.39. The number of hydrogen-bond donors (Lipinski definition) is 1. The van der Waals surface area contributed by atoms with Crippen LogP contribution in [0.5, 0.6) is 0 Å². The summed E-state index contributed by atoms with van der Waals surface area (Å²) in [7, 11) is 0. The quantitative estimate of drug-likeness (QED) is 0.732. The van der Waals surface area contributed by atoms with E-state index in [-0.39, 0.29) is 12.1 Å². The molecule has 3 aromatic rings. The zero-order valence-corrected chi connectivity index (χ0v) is 15.7. The maximum Gasteiger partial charge on any atom is 0.323 e. The Labute approximate surface area is 165 Å². The van der Waals surface area contributed by atoms with Crippen molar-refractivity contribution in [1.82, 2.24) is 19.5 Å². The number of hydrogen-bond acceptors (Lipinski definition) is 4. The number of benzene rings is 1. The fourth-order valence-corrected chi connectivity index (χ4v) is 3.94. The molecule has 5 rings (SSSR count). The minimum atomic E-state index is -0.456. The van der Waals surface area contributed by atoms with Gasteiger partial charge in [-0.2, -0.15) is 4.52 Å². The molecule has 0 spiro atoms. The third-order valence-electron chi connectivity index (χ3n) is 5.59. The number of amides is 2. The van der Waals surface area contributed by atoms with Crippen LogP contribution in [0.25, 0.3) is 5.65 Å². The van der Waals surface area contributed by atoms with Crippen molar-refractivity contribution in [3.8, 4) is 0 Å². The van der Waals surface area contributed by atoms with Crippen LogP contribution in [0.15, 0.2) is 36.5 Å². The molecular weight excluding hydrogens is 378 g/mol. The van der Waals surface area contributed by atoms with E-state index in [1.807, 2.05) is 11.0 Å². The van der Waals surface area contributed by atoms with Crippen molar-refractivity contribution in [2.75, 3.05) is 29.9 Å². The Balaban J connectivity index is 1.47. The first kappa shape index (κ1) is 17.8. The molecule has 1 aromatic carbocycles. The van der Waals surface area contributed by atoms with Gasteiger partial charge in [0, 0.05) is 25.2 Å². The Morgan fingerprint density at radius 3 is 2.76 bits per heavy atom. The van der Waals surface area contributed by atoms with Crippen LogP contribution in [0.1, 0.15) is 30.9 Å². The lowest BCUT2D eigenvalue weighted by molar-refractivity contribution is 0.181. The zero-order valence-electron chi connectivity index (χ0n) is 15.7. The Kier molecular flexibility index (Phi) is 4.30. The van der Waals surface area contributed by atoms with Crippen molar-refractivity contribution in [2.45, 2.75) is 25.3 Å². The molecule has 2 amide bonds. The van der Waals surface area contributed by atoms with Crippen molar-refractivity contribution in [1.29, 1.82) is 0 Å². The maximum absolute atomic E-state index is 14.4. The van der Waals surface area contributed by atoms with Crippen molar-refractivity contribution in [2.24, 2.45) is 0 Å². The van der Waals surface area contributed by atoms with E-state index < -0.39 is 11.6 Å². The summed E-state index contributed by atoms with van der Waals surface area (Å²) in [5.41, 5.74) is 0.932. The van der Waals surface area contributed by atoms with Crippen LogP contribution in [0.4, 0.5) is 25.2 Å². The summed E-state index contributed by atoms with van der Waals surface area (Å²) in [6.07, 6.45) is 4.14. The highest BCUT2D eigenvalue weighted by atomic mass is 19.1. The molecule has 2 aliphatic rings. The molecule has 2 aliphatic heterocycles. The number of likely N-dealkylation sites (tertiary alicyclic amines) is 1. The Morgan fingerprint density at radius 1 is 1.10 bits per heavy atom. The van der Waals surface area contributed by atoms with E-state index in [1.165, 1.54) is 6.07 Å². The molecule has 150 valence electrons. The lowest BCUT2D eigenvalue weighted by Crippen LogP contribution is -2.44. The van der Waals surface area contributed by atoms with Crippen molar-refractivity contribution >= 4 is 23.3 Å². The van der Waals surface area contributed by atoms with E-state index in [0.717, 1.165) is 38.1 Å². The highest BCUT2D eigenvalue weighted by Gasteiger charge is 2.30. The van der Waals surface area contributed by atoms with Gasteiger partial charge < -0.3 is 9.80 Å². The van der Waals surface area contributed by atoms with Gasteiger partial charge in [-0.3, -0.25) is 5.32 Å². The molecule has 0 unspecified atom stereocenters. The maximum atomic E-state index is 14.4. The van der Waals surface area contributed by atoms with E-state index in [0.29, 0.717) is 35.8 Å². The topological polar surface area (TPSA) is 65.8 Å². The fraction of sp³-hybridized carbons (Fsp3) is 0.350. The first-order valence-electron chi connectivity index (χ1n) is 9.72. The summed E-state index contributed by atoms with van der Waals surface area (Å²) in [5.74, 6) is 0.226. The second kappa shape index (κ2) is 6.98. The number of carbonyl (C=O) groups excluding carboxylic acids is 1. The molecule has 2 aromatic heterocycles. The number of halogens is 2. The molecule has 0 bridgehead atoms. The number of aromatic nitrogens is 3. The van der Waals surface area contributed by atoms with Gasteiger partial charge in [-0.25, -0.2) is 18.6 Å². The van der Waals surface area contributed by atoms with Crippen LogP contribution >= 0.6 is 0 Å². The van der Waals surface area contributed by atoms with E-state index in [4.69, 9.17) is 0 Å². The van der Waals surface area contributed by atoms with Crippen molar-refractivity contribution < 1.29 is 13.6 Å². The minimum Gasteiger partial charge on any atom is -0.348 e. The third kappa shape index (κ3) is 3.16. The molecule has 2 saturated heterocycles. The molecule has 9 heteroatoms. The number of fused-ring (bicyclic) bond motifs is 1. The Bertz CT molecular complexity index is 1080. The monoisotopic (exact) mass is 398 g/mol. The average molecular weight is 398 g/mol. The summed E-state index contributed by atoms with van der Waals surface area (Å²) in [4.78, 5) is 20.2. The van der Waals surface area contributed by atoms with Gasteiger partial charge in [0.05, 0.1) is 12.2 Å². The number of carbonyl (C=O) groups is 1. The van der Waals surface area contributed by atoms with Crippen molar-refractivity contribution in [3.63, 3.8) is 0 Å². The molecule has 1 N–H and O–H groups in total. The summed E-state index contributed by atoms with van der Waals surface area (Å²) in [6, 6.07) is 6.70. The molecule has 0 aliphatic carbocycles. The zero-order chi connectivity index (χ0) is 20.0. The normalized spacial score (nSPS) is 18.9. The van der Waals surface area contributed by atoms with Crippen LogP contribution in [0, 0.1) is 11.6 Å². The number of nitrogens with one attached hydrogen (secondary N) is 1. The van der Waals surface area contributed by atoms with E-state index in [9.17, 15) is 13.6 Å². The molecule has 4 heterocycles. The fourth-order valence-electron chi connectivity index (χ4n) is 3.94. The van der Waals surface area contributed by atoms with Crippen LogP contribution in [0.2, 0.25) is 0 Å². The van der Waals surface area contributed by atoms with E-state index in [2.05, 4.69) is 15.4 Å². The molecule has 0 saturated carbocycles. The molecular formula is C20H20F2N6O. The average Bonchev–Trinajstić information content (AvgIpc) is 3.29. The highest BCUT2D eigenvalue weighted by Crippen LogP contribution is 2.36. The van der Waals surface area contributed by atoms with Crippen LogP contribution < -0.4 is 10.2 Å². The minimum absolute atomic E-state index is 0.175. The Hall–Kier alpha value is -3.23. The molecule has 1 atom stereocenters. The van der Waals surface area contributed by atoms with Gasteiger partial charge in [0.15, 0.2) is 11.5 Å². The largest absolute Gasteiger partial charge is 0.348 e. The van der Waals surface area contributed by atoms with Gasteiger partial charge in [0.2, 0.25) is 0 Å². The summed E-state index contributed by atoms with van der Waals surface area (Å²) in [5, 5.41) is 7.47. The van der Waals surface area contributed by atoms with Gasteiger partial charge in [0.25, 0.3) is 0 Å². The highest BCUT2D eigenvalue weighted by molar-refractivity contribution is 5.89. The Morgan fingerprint density at radius 2 is 1.97 bits per heavy atom. The van der Waals surface area contributed by atoms with Gasteiger partial charge >= 0.3 is 6.03 Å². The van der Waals surface area contributed by atoms with Crippen LogP contribution in [0.3, 0.4) is 0 Å². The third-order valence-corrected chi connectivity index (χ3v) is 5.59. The first-order valence-corrected chi connectivity index (χ1v) is 9.72. The van der Waals surface area contributed by atoms with Gasteiger partial charge in [-0.15, -0.1) is 5.10 Å². The van der Waals surface area contributed by atoms with E-state index >= 15 is 0 Å².